The third-order valence-corrected chi connectivity index (χ3v) is 3.76. The summed E-state index contributed by atoms with van der Waals surface area (Å²) >= 11 is -1.98. The van der Waals surface area contributed by atoms with Crippen molar-refractivity contribution in [3.05, 3.63) is 0 Å². The van der Waals surface area contributed by atoms with E-state index in [9.17, 15) is 8.76 Å². The molecule has 0 aliphatic heterocycles. The summed E-state index contributed by atoms with van der Waals surface area (Å²) < 4.78 is 20.9. The van der Waals surface area contributed by atoms with Gasteiger partial charge < -0.3 is 4.55 Å². The van der Waals surface area contributed by atoms with Crippen LogP contribution >= 0.6 is 0 Å². The highest BCUT2D eigenvalue weighted by Gasteiger charge is 2.28. The Balaban J connectivity index is 4.42. The van der Waals surface area contributed by atoms with Crippen LogP contribution in [0, 0.1) is 11.8 Å². The molecule has 0 aliphatic carbocycles. The van der Waals surface area contributed by atoms with Gasteiger partial charge in [-0.15, -0.1) is 0 Å². The maximum absolute atomic E-state index is 10.8. The molecule has 11 heavy (non-hydrogen) atoms. The van der Waals surface area contributed by atoms with Crippen molar-refractivity contribution in [3.8, 4) is 0 Å². The van der Waals surface area contributed by atoms with Gasteiger partial charge in [-0.25, -0.2) is 0 Å². The fourth-order valence-corrected chi connectivity index (χ4v) is 1.53. The van der Waals surface area contributed by atoms with Gasteiger partial charge in [-0.1, -0.05) is 20.8 Å². The van der Waals surface area contributed by atoms with Gasteiger partial charge in [0.1, 0.15) is 0 Å². The van der Waals surface area contributed by atoms with E-state index in [-0.39, 0.29) is 5.92 Å². The van der Waals surface area contributed by atoms with Crippen molar-refractivity contribution in [2.24, 2.45) is 11.8 Å². The lowest BCUT2D eigenvalue weighted by Gasteiger charge is -2.36. The summed E-state index contributed by atoms with van der Waals surface area (Å²) in [5, 5.41) is 0. The molecule has 3 heteroatoms. The van der Waals surface area contributed by atoms with Gasteiger partial charge in [0, 0.05) is 4.75 Å². The molecule has 2 nitrogen and oxygen atoms in total. The van der Waals surface area contributed by atoms with E-state index in [4.69, 9.17) is 0 Å². The molecule has 0 N–H and O–H groups in total. The molecule has 0 bridgehead atoms. The number of hydrogen-bond donors (Lipinski definition) is 0. The molecule has 0 aromatic rings. The predicted molar refractivity (Wildman–Crippen MR) is 47.0 cm³/mol. The van der Waals surface area contributed by atoms with Gasteiger partial charge in [0.15, 0.2) is 0 Å². The second-order valence-electron chi connectivity index (χ2n) is 3.87. The van der Waals surface area contributed by atoms with Gasteiger partial charge in [-0.3, -0.25) is 4.21 Å². The molecule has 2 unspecified atom stereocenters. The zero-order chi connectivity index (χ0) is 9.23. The largest absolute Gasteiger partial charge is 0.772 e. The molecule has 0 aromatic heterocycles. The van der Waals surface area contributed by atoms with Gasteiger partial charge in [-0.05, 0) is 36.8 Å². The molecule has 0 amide bonds. The maximum Gasteiger partial charge on any atom is 0.0299 e. The van der Waals surface area contributed by atoms with Crippen molar-refractivity contribution < 1.29 is 8.76 Å². The Morgan fingerprint density at radius 1 is 1.27 bits per heavy atom. The molecule has 68 valence electrons. The van der Waals surface area contributed by atoms with Crippen LogP contribution < -0.4 is 0 Å². The van der Waals surface area contributed by atoms with Crippen LogP contribution in [-0.4, -0.2) is 13.5 Å². The number of rotatable bonds is 3. The Labute approximate surface area is 71.7 Å². The van der Waals surface area contributed by atoms with E-state index in [0.717, 1.165) is 0 Å². The lowest BCUT2D eigenvalue weighted by Crippen LogP contribution is -2.37. The van der Waals surface area contributed by atoms with Crippen LogP contribution in [-0.2, 0) is 11.1 Å². The van der Waals surface area contributed by atoms with Crippen molar-refractivity contribution in [2.45, 2.75) is 39.4 Å². The van der Waals surface area contributed by atoms with E-state index < -0.39 is 15.8 Å². The molecule has 0 rings (SSSR count). The molecular formula is C8H17O2S-. The Kier molecular flexibility index (Phi) is 3.71. The minimum Gasteiger partial charge on any atom is -0.772 e. The standard InChI is InChI=1S/C8H18O2S/c1-6(2)7(3)8(4,5)11(9)10/h6-7H,1-5H3,(H,9,10)/p-1. The summed E-state index contributed by atoms with van der Waals surface area (Å²) in [7, 11) is 0. The average Bonchev–Trinajstić information content (AvgIpc) is 1.85. The maximum atomic E-state index is 10.8. The molecule has 0 spiro atoms. The van der Waals surface area contributed by atoms with Gasteiger partial charge >= 0.3 is 0 Å². The van der Waals surface area contributed by atoms with Crippen LogP contribution in [0.25, 0.3) is 0 Å². The second kappa shape index (κ2) is 3.68. The minimum absolute atomic E-state index is 0.195. The van der Waals surface area contributed by atoms with Gasteiger partial charge in [0.05, 0.1) is 0 Å². The molecule has 0 saturated heterocycles. The molecule has 0 fully saturated rings. The third-order valence-electron chi connectivity index (χ3n) is 2.53. The lowest BCUT2D eigenvalue weighted by molar-refractivity contribution is 0.323. The monoisotopic (exact) mass is 177 g/mol. The summed E-state index contributed by atoms with van der Waals surface area (Å²) in [6, 6.07) is 0. The van der Waals surface area contributed by atoms with E-state index in [0.29, 0.717) is 5.92 Å². The Morgan fingerprint density at radius 2 is 1.64 bits per heavy atom. The van der Waals surface area contributed by atoms with Crippen molar-refractivity contribution in [1.82, 2.24) is 0 Å². The predicted octanol–water partition coefficient (Wildman–Crippen LogP) is 1.94. The first-order chi connectivity index (χ1) is 4.80. The summed E-state index contributed by atoms with van der Waals surface area (Å²) in [5.41, 5.74) is 0. The van der Waals surface area contributed by atoms with Gasteiger partial charge in [0.2, 0.25) is 0 Å². The normalized spacial score (nSPS) is 18.5. The van der Waals surface area contributed by atoms with Crippen LogP contribution in [0.4, 0.5) is 0 Å². The molecule has 0 aliphatic rings. The zero-order valence-corrected chi connectivity index (χ0v) is 8.70. The SMILES string of the molecule is CC(C)C(C)C(C)(C)S(=O)[O-]. The molecule has 0 heterocycles. The summed E-state index contributed by atoms with van der Waals surface area (Å²) in [4.78, 5) is 0. The first kappa shape index (κ1) is 11.1. The number of hydrogen-bond acceptors (Lipinski definition) is 2. The fraction of sp³-hybridized carbons (Fsp3) is 1.00. The molecule has 0 radical (unpaired) electrons. The third kappa shape index (κ3) is 2.56. The van der Waals surface area contributed by atoms with Crippen molar-refractivity contribution in [3.63, 3.8) is 0 Å². The summed E-state index contributed by atoms with van der Waals surface area (Å²) in [5.74, 6) is 0.601. The Morgan fingerprint density at radius 3 is 1.73 bits per heavy atom. The van der Waals surface area contributed by atoms with E-state index in [1.807, 2.05) is 20.8 Å². The van der Waals surface area contributed by atoms with Gasteiger partial charge in [-0.2, -0.15) is 0 Å². The van der Waals surface area contributed by atoms with Crippen LogP contribution in [0.5, 0.6) is 0 Å². The Hall–Kier alpha value is 0.110. The summed E-state index contributed by atoms with van der Waals surface area (Å²) in [6.45, 7) is 9.58. The second-order valence-corrected chi connectivity index (χ2v) is 5.39. The molecular weight excluding hydrogens is 160 g/mol. The Bertz CT molecular complexity index is 152. The van der Waals surface area contributed by atoms with Crippen LogP contribution in [0.1, 0.15) is 34.6 Å². The van der Waals surface area contributed by atoms with Crippen LogP contribution in [0.3, 0.4) is 0 Å². The van der Waals surface area contributed by atoms with Crippen molar-refractivity contribution in [1.29, 1.82) is 0 Å². The first-order valence-corrected chi connectivity index (χ1v) is 4.97. The van der Waals surface area contributed by atoms with E-state index >= 15 is 0 Å². The lowest BCUT2D eigenvalue weighted by atomic mass is 9.87. The van der Waals surface area contributed by atoms with Crippen LogP contribution in [0.15, 0.2) is 0 Å². The minimum atomic E-state index is -1.98. The molecule has 0 saturated carbocycles. The molecule has 2 atom stereocenters. The average molecular weight is 177 g/mol. The fourth-order valence-electron chi connectivity index (χ4n) is 0.955. The highest BCUT2D eigenvalue weighted by molar-refractivity contribution is 7.80. The topological polar surface area (TPSA) is 40.1 Å². The highest BCUT2D eigenvalue weighted by Crippen LogP contribution is 2.28. The van der Waals surface area contributed by atoms with E-state index in [1.165, 1.54) is 0 Å². The highest BCUT2D eigenvalue weighted by atomic mass is 32.2. The quantitative estimate of drug-likeness (QED) is 0.618. The van der Waals surface area contributed by atoms with Crippen LogP contribution in [0.2, 0.25) is 0 Å². The van der Waals surface area contributed by atoms with E-state index in [2.05, 4.69) is 0 Å². The zero-order valence-electron chi connectivity index (χ0n) is 7.88. The van der Waals surface area contributed by atoms with Gasteiger partial charge in [0.25, 0.3) is 0 Å². The summed E-state index contributed by atoms with van der Waals surface area (Å²) in [6.07, 6.45) is 0. The first-order valence-electron chi connectivity index (χ1n) is 3.89. The van der Waals surface area contributed by atoms with Crippen molar-refractivity contribution in [2.75, 3.05) is 0 Å². The smallest absolute Gasteiger partial charge is 0.0299 e. The van der Waals surface area contributed by atoms with E-state index in [1.54, 1.807) is 13.8 Å². The van der Waals surface area contributed by atoms with Crippen molar-refractivity contribution >= 4 is 11.1 Å². The molecule has 0 aromatic carbocycles.